The molecule has 0 N–H and O–H groups in total. The fraction of sp³-hybridized carbons (Fsp3) is 0.944. The Balaban J connectivity index is 1.53. The summed E-state index contributed by atoms with van der Waals surface area (Å²) in [5.41, 5.74) is 0.218. The molecule has 3 heterocycles. The van der Waals surface area contributed by atoms with E-state index in [1.807, 2.05) is 4.90 Å². The van der Waals surface area contributed by atoms with Crippen LogP contribution in [0.15, 0.2) is 0 Å². The molecule has 0 aromatic heterocycles. The summed E-state index contributed by atoms with van der Waals surface area (Å²) in [6.45, 7) is 8.41. The van der Waals surface area contributed by atoms with E-state index in [2.05, 4.69) is 23.9 Å². The predicted molar refractivity (Wildman–Crippen MR) is 93.0 cm³/mol. The van der Waals surface area contributed by atoms with Crippen LogP contribution in [0, 0.1) is 5.41 Å². The number of ether oxygens (including phenoxy) is 2. The zero-order chi connectivity index (χ0) is 17.0. The normalized spacial score (nSPS) is 28.5. The van der Waals surface area contributed by atoms with Crippen molar-refractivity contribution in [3.63, 3.8) is 0 Å². The number of carbonyl (C=O) groups is 1. The van der Waals surface area contributed by atoms with Crippen LogP contribution in [0.25, 0.3) is 0 Å². The van der Waals surface area contributed by atoms with Crippen LogP contribution in [-0.2, 0) is 14.3 Å². The molecule has 0 aliphatic carbocycles. The molecule has 0 bridgehead atoms. The van der Waals surface area contributed by atoms with Crippen molar-refractivity contribution in [3.05, 3.63) is 0 Å². The minimum absolute atomic E-state index is 0.180. The quantitative estimate of drug-likeness (QED) is 0.753. The van der Waals surface area contributed by atoms with Crippen LogP contribution in [0.1, 0.15) is 25.7 Å². The van der Waals surface area contributed by atoms with Crippen LogP contribution in [0.5, 0.6) is 0 Å². The number of amides is 1. The maximum Gasteiger partial charge on any atom is 0.251 e. The van der Waals surface area contributed by atoms with E-state index in [9.17, 15) is 4.79 Å². The largest absolute Gasteiger partial charge is 0.379 e. The summed E-state index contributed by atoms with van der Waals surface area (Å²) < 4.78 is 11.5. The Morgan fingerprint density at radius 2 is 2.00 bits per heavy atom. The number of hydrogen-bond acceptors (Lipinski definition) is 5. The second kappa shape index (κ2) is 8.13. The van der Waals surface area contributed by atoms with Crippen molar-refractivity contribution in [1.29, 1.82) is 0 Å². The topological polar surface area (TPSA) is 45.2 Å². The highest BCUT2D eigenvalue weighted by Crippen LogP contribution is 2.35. The van der Waals surface area contributed by atoms with E-state index in [0.29, 0.717) is 0 Å². The van der Waals surface area contributed by atoms with Gasteiger partial charge in [0.05, 0.1) is 13.2 Å². The van der Waals surface area contributed by atoms with E-state index in [1.165, 1.54) is 0 Å². The van der Waals surface area contributed by atoms with Crippen molar-refractivity contribution in [2.45, 2.75) is 31.8 Å². The van der Waals surface area contributed by atoms with Gasteiger partial charge in [-0.1, -0.05) is 0 Å². The third-order valence-corrected chi connectivity index (χ3v) is 5.72. The third kappa shape index (κ3) is 4.48. The zero-order valence-electron chi connectivity index (χ0n) is 15.3. The predicted octanol–water partition coefficient (Wildman–Crippen LogP) is 0.668. The lowest BCUT2D eigenvalue weighted by atomic mass is 9.78. The van der Waals surface area contributed by atoms with Crippen molar-refractivity contribution in [2.24, 2.45) is 5.41 Å². The van der Waals surface area contributed by atoms with E-state index < -0.39 is 0 Å². The first-order valence-electron chi connectivity index (χ1n) is 9.43. The lowest BCUT2D eigenvalue weighted by Gasteiger charge is -2.43. The molecule has 1 spiro atoms. The highest BCUT2D eigenvalue weighted by atomic mass is 16.5. The van der Waals surface area contributed by atoms with Gasteiger partial charge in [0, 0.05) is 51.3 Å². The Morgan fingerprint density at radius 3 is 2.67 bits per heavy atom. The Hall–Kier alpha value is -0.690. The van der Waals surface area contributed by atoms with Crippen LogP contribution >= 0.6 is 0 Å². The number of likely N-dealkylation sites (N-methyl/N-ethyl adjacent to an activating group) is 1. The molecule has 1 unspecified atom stereocenters. The molecule has 3 aliphatic heterocycles. The molecule has 138 valence electrons. The van der Waals surface area contributed by atoms with Gasteiger partial charge in [0.2, 0.25) is 0 Å². The fourth-order valence-electron chi connectivity index (χ4n) is 4.09. The van der Waals surface area contributed by atoms with Gasteiger partial charge in [0.25, 0.3) is 5.91 Å². The third-order valence-electron chi connectivity index (χ3n) is 5.72. The maximum atomic E-state index is 12.5. The molecule has 3 fully saturated rings. The molecule has 1 atom stereocenters. The Kier molecular flexibility index (Phi) is 6.13. The van der Waals surface area contributed by atoms with E-state index in [0.717, 1.165) is 84.8 Å². The summed E-state index contributed by atoms with van der Waals surface area (Å²) in [5, 5.41) is 0. The van der Waals surface area contributed by atoms with E-state index >= 15 is 0 Å². The highest BCUT2D eigenvalue weighted by Gasteiger charge is 2.40. The molecule has 1 amide bonds. The Morgan fingerprint density at radius 1 is 1.21 bits per heavy atom. The molecule has 0 aromatic carbocycles. The lowest BCUT2D eigenvalue weighted by molar-refractivity contribution is -0.144. The van der Waals surface area contributed by atoms with Crippen LogP contribution in [0.4, 0.5) is 0 Å². The number of likely N-dealkylation sites (tertiary alicyclic amines) is 1. The van der Waals surface area contributed by atoms with Crippen LogP contribution in [-0.4, -0.2) is 99.9 Å². The van der Waals surface area contributed by atoms with Crippen molar-refractivity contribution in [3.8, 4) is 0 Å². The summed E-state index contributed by atoms with van der Waals surface area (Å²) in [6.07, 6.45) is 3.82. The second-order valence-electron chi connectivity index (χ2n) is 7.96. The van der Waals surface area contributed by atoms with Gasteiger partial charge in [-0.3, -0.25) is 9.69 Å². The van der Waals surface area contributed by atoms with Crippen molar-refractivity contribution in [2.75, 3.05) is 73.2 Å². The number of rotatable bonds is 4. The molecular weight excluding hydrogens is 306 g/mol. The molecule has 0 aromatic rings. The van der Waals surface area contributed by atoms with E-state index in [4.69, 9.17) is 9.47 Å². The van der Waals surface area contributed by atoms with Gasteiger partial charge in [-0.2, -0.15) is 0 Å². The molecule has 6 nitrogen and oxygen atoms in total. The van der Waals surface area contributed by atoms with E-state index in [1.54, 1.807) is 0 Å². The van der Waals surface area contributed by atoms with Gasteiger partial charge < -0.3 is 19.3 Å². The number of nitrogens with zero attached hydrogens (tertiary/aromatic N) is 3. The molecule has 3 aliphatic rings. The first kappa shape index (κ1) is 18.1. The summed E-state index contributed by atoms with van der Waals surface area (Å²) in [4.78, 5) is 19.3. The zero-order valence-corrected chi connectivity index (χ0v) is 15.3. The number of carbonyl (C=O) groups excluding carboxylic acids is 1. The molecule has 24 heavy (non-hydrogen) atoms. The average molecular weight is 339 g/mol. The highest BCUT2D eigenvalue weighted by molar-refractivity contribution is 5.81. The van der Waals surface area contributed by atoms with Crippen molar-refractivity contribution < 1.29 is 14.3 Å². The minimum atomic E-state index is -0.180. The molecular formula is C18H33N3O3. The van der Waals surface area contributed by atoms with Gasteiger partial charge in [0.15, 0.2) is 0 Å². The van der Waals surface area contributed by atoms with Crippen LogP contribution in [0.3, 0.4) is 0 Å². The van der Waals surface area contributed by atoms with Crippen LogP contribution in [0.2, 0.25) is 0 Å². The van der Waals surface area contributed by atoms with Crippen molar-refractivity contribution in [1.82, 2.24) is 14.7 Å². The standard InChI is InChI=1S/C18H33N3O3/c1-19(2)9-10-20-11-13-23-15-18(14-20)5-7-21(8-6-18)17(22)16-4-3-12-24-16/h16H,3-15H2,1-2H3. The first-order valence-corrected chi connectivity index (χ1v) is 9.43. The summed E-state index contributed by atoms with van der Waals surface area (Å²) >= 11 is 0. The van der Waals surface area contributed by atoms with Gasteiger partial charge in [0.1, 0.15) is 6.10 Å². The SMILES string of the molecule is CN(C)CCN1CCOCC2(CCN(C(=O)C3CCCO3)CC2)C1. The fourth-order valence-corrected chi connectivity index (χ4v) is 4.09. The molecule has 3 rings (SSSR count). The van der Waals surface area contributed by atoms with Gasteiger partial charge >= 0.3 is 0 Å². The smallest absolute Gasteiger partial charge is 0.251 e. The van der Waals surface area contributed by atoms with Gasteiger partial charge in [-0.05, 0) is 39.8 Å². The number of hydrogen-bond donors (Lipinski definition) is 0. The molecule has 0 radical (unpaired) electrons. The molecule has 6 heteroatoms. The minimum Gasteiger partial charge on any atom is -0.379 e. The summed E-state index contributed by atoms with van der Waals surface area (Å²) in [7, 11) is 4.25. The average Bonchev–Trinajstić information content (AvgIpc) is 3.04. The summed E-state index contributed by atoms with van der Waals surface area (Å²) in [6, 6.07) is 0. The molecule has 3 saturated heterocycles. The second-order valence-corrected chi connectivity index (χ2v) is 7.96. The van der Waals surface area contributed by atoms with E-state index in [-0.39, 0.29) is 17.4 Å². The Bertz CT molecular complexity index is 416. The first-order chi connectivity index (χ1) is 11.6. The van der Waals surface area contributed by atoms with Gasteiger partial charge in [-0.25, -0.2) is 0 Å². The number of piperidine rings is 1. The van der Waals surface area contributed by atoms with Crippen molar-refractivity contribution >= 4 is 5.91 Å². The monoisotopic (exact) mass is 339 g/mol. The molecule has 0 saturated carbocycles. The summed E-state index contributed by atoms with van der Waals surface area (Å²) in [5.74, 6) is 0.210. The van der Waals surface area contributed by atoms with Crippen LogP contribution < -0.4 is 0 Å². The maximum absolute atomic E-state index is 12.5. The lowest BCUT2D eigenvalue weighted by Crippen LogP contribution is -2.51. The Labute approximate surface area is 146 Å². The van der Waals surface area contributed by atoms with Gasteiger partial charge in [-0.15, -0.1) is 0 Å².